The molecule has 0 radical (unpaired) electrons. The van der Waals surface area contributed by atoms with Gasteiger partial charge >= 0.3 is 18.0 Å². The van der Waals surface area contributed by atoms with Crippen LogP contribution in [0.15, 0.2) is 30.3 Å². The normalized spacial score (nSPS) is 12.7. The maximum Gasteiger partial charge on any atom is 0.408 e. The van der Waals surface area contributed by atoms with E-state index in [9.17, 15) is 14.4 Å². The predicted octanol–water partition coefficient (Wildman–Crippen LogP) is 3.35. The lowest BCUT2D eigenvalue weighted by molar-refractivity contribution is -0.164. The predicted molar refractivity (Wildman–Crippen MR) is 99.9 cm³/mol. The fourth-order valence-electron chi connectivity index (χ4n) is 2.02. The minimum atomic E-state index is -1.21. The molecule has 0 aliphatic rings. The molecule has 1 atom stereocenters. The quantitative estimate of drug-likeness (QED) is 0.602. The van der Waals surface area contributed by atoms with Gasteiger partial charge in [0.2, 0.25) is 0 Å². The van der Waals surface area contributed by atoms with Gasteiger partial charge in [-0.2, -0.15) is 0 Å². The lowest BCUT2D eigenvalue weighted by Crippen LogP contribution is -2.46. The van der Waals surface area contributed by atoms with Gasteiger partial charge in [-0.3, -0.25) is 4.79 Å². The molecule has 1 aromatic carbocycles. The van der Waals surface area contributed by atoms with Crippen LogP contribution in [0.1, 0.15) is 53.5 Å². The fourth-order valence-corrected chi connectivity index (χ4v) is 2.02. The number of esters is 2. The van der Waals surface area contributed by atoms with Crippen LogP contribution in [-0.4, -0.2) is 35.3 Å². The summed E-state index contributed by atoms with van der Waals surface area (Å²) in [5.41, 5.74) is -0.670. The van der Waals surface area contributed by atoms with Crippen molar-refractivity contribution in [3.8, 4) is 0 Å². The highest BCUT2D eigenvalue weighted by atomic mass is 16.6. The number of rotatable bonds is 6. The maximum atomic E-state index is 12.4. The highest BCUT2D eigenvalue weighted by Crippen LogP contribution is 2.13. The molecule has 0 unspecified atom stereocenters. The van der Waals surface area contributed by atoms with Crippen molar-refractivity contribution in [2.24, 2.45) is 0 Å². The van der Waals surface area contributed by atoms with Crippen LogP contribution in [0.25, 0.3) is 0 Å². The number of carbonyl (C=O) groups excluding carboxylic acids is 3. The Labute approximate surface area is 160 Å². The van der Waals surface area contributed by atoms with Gasteiger partial charge in [-0.05, 0) is 47.1 Å². The number of benzene rings is 1. The number of carbonyl (C=O) groups is 3. The van der Waals surface area contributed by atoms with Crippen LogP contribution in [0.3, 0.4) is 0 Å². The van der Waals surface area contributed by atoms with Crippen LogP contribution < -0.4 is 5.32 Å². The zero-order chi connectivity index (χ0) is 20.7. The van der Waals surface area contributed by atoms with Crippen LogP contribution in [0.2, 0.25) is 0 Å². The highest BCUT2D eigenvalue weighted by Gasteiger charge is 2.31. The minimum absolute atomic E-state index is 0.0418. The molecular formula is C20H29NO6. The first kappa shape index (κ1) is 22.5. The second-order valence-corrected chi connectivity index (χ2v) is 8.08. The molecule has 0 aliphatic carbocycles. The van der Waals surface area contributed by atoms with Gasteiger partial charge in [0.1, 0.15) is 23.9 Å². The summed E-state index contributed by atoms with van der Waals surface area (Å²) in [7, 11) is 0. The number of amides is 1. The van der Waals surface area contributed by atoms with E-state index in [1.165, 1.54) is 0 Å². The Morgan fingerprint density at radius 3 is 2.00 bits per heavy atom. The second kappa shape index (κ2) is 9.39. The molecule has 150 valence electrons. The summed E-state index contributed by atoms with van der Waals surface area (Å²) in [5.74, 6) is -1.35. The molecule has 0 bridgehead atoms. The minimum Gasteiger partial charge on any atom is -0.460 e. The van der Waals surface area contributed by atoms with Crippen LogP contribution in [0.5, 0.6) is 0 Å². The summed E-state index contributed by atoms with van der Waals surface area (Å²) in [6, 6.07) is 7.90. The van der Waals surface area contributed by atoms with Gasteiger partial charge in [-0.1, -0.05) is 30.3 Å². The van der Waals surface area contributed by atoms with Crippen LogP contribution >= 0.6 is 0 Å². The second-order valence-electron chi connectivity index (χ2n) is 8.08. The fraction of sp³-hybridized carbons (Fsp3) is 0.550. The molecule has 7 nitrogen and oxygen atoms in total. The Hall–Kier alpha value is -2.57. The molecule has 1 amide bonds. The molecule has 0 spiro atoms. The van der Waals surface area contributed by atoms with Crippen LogP contribution in [0, 0.1) is 0 Å². The number of nitrogens with one attached hydrogen (secondary N) is 1. The topological polar surface area (TPSA) is 90.9 Å². The number of hydrogen-bond acceptors (Lipinski definition) is 6. The molecule has 27 heavy (non-hydrogen) atoms. The monoisotopic (exact) mass is 379 g/mol. The van der Waals surface area contributed by atoms with Gasteiger partial charge in [-0.15, -0.1) is 0 Å². The van der Waals surface area contributed by atoms with Crippen molar-refractivity contribution < 1.29 is 28.6 Å². The average molecular weight is 379 g/mol. The van der Waals surface area contributed by atoms with Crippen molar-refractivity contribution in [1.29, 1.82) is 0 Å². The summed E-state index contributed by atoms with van der Waals surface area (Å²) < 4.78 is 15.6. The largest absolute Gasteiger partial charge is 0.460 e. The van der Waals surface area contributed by atoms with Crippen molar-refractivity contribution >= 4 is 18.0 Å². The van der Waals surface area contributed by atoms with E-state index in [-0.39, 0.29) is 13.0 Å². The molecule has 0 saturated heterocycles. The van der Waals surface area contributed by atoms with E-state index in [1.807, 2.05) is 18.2 Å². The van der Waals surface area contributed by atoms with Crippen LogP contribution in [-0.2, 0) is 30.4 Å². The van der Waals surface area contributed by atoms with Crippen molar-refractivity contribution in [3.05, 3.63) is 35.9 Å². The lowest BCUT2D eigenvalue weighted by Gasteiger charge is -2.25. The SMILES string of the molecule is CC(C)(C)OC(=O)C[C@H](NC(=O)OCc1ccccc1)C(=O)OC(C)(C)C. The van der Waals surface area contributed by atoms with Crippen molar-refractivity contribution in [2.75, 3.05) is 0 Å². The number of alkyl carbamates (subject to hydrolysis) is 1. The van der Waals surface area contributed by atoms with Gasteiger partial charge < -0.3 is 19.5 Å². The maximum absolute atomic E-state index is 12.4. The smallest absolute Gasteiger partial charge is 0.408 e. The molecule has 1 N–H and O–H groups in total. The van der Waals surface area contributed by atoms with Gasteiger partial charge in [0.15, 0.2) is 0 Å². The van der Waals surface area contributed by atoms with Gasteiger partial charge in [0.25, 0.3) is 0 Å². The Bertz CT molecular complexity index is 643. The summed E-state index contributed by atoms with van der Waals surface area (Å²) in [6.45, 7) is 10.3. The standard InChI is InChI=1S/C20H29NO6/c1-19(2,3)26-16(22)12-15(17(23)27-20(4,5)6)21-18(24)25-13-14-10-8-7-9-11-14/h7-11,15H,12-13H2,1-6H3,(H,21,24)/t15-/m0/s1. The first-order valence-electron chi connectivity index (χ1n) is 8.78. The van der Waals surface area contributed by atoms with Crippen molar-refractivity contribution in [3.63, 3.8) is 0 Å². The third kappa shape index (κ3) is 10.2. The van der Waals surface area contributed by atoms with Gasteiger partial charge in [0.05, 0.1) is 6.42 Å². The molecule has 1 aromatic rings. The van der Waals surface area contributed by atoms with E-state index in [1.54, 1.807) is 53.7 Å². The molecule has 7 heteroatoms. The van der Waals surface area contributed by atoms with Crippen molar-refractivity contribution in [2.45, 2.75) is 71.8 Å². The Morgan fingerprint density at radius 2 is 1.48 bits per heavy atom. The van der Waals surface area contributed by atoms with Gasteiger partial charge in [-0.25, -0.2) is 9.59 Å². The zero-order valence-corrected chi connectivity index (χ0v) is 16.8. The Kier molecular flexibility index (Phi) is 7.82. The average Bonchev–Trinajstić information content (AvgIpc) is 2.50. The number of ether oxygens (including phenoxy) is 3. The number of hydrogen-bond donors (Lipinski definition) is 1. The molecule has 0 saturated carbocycles. The summed E-state index contributed by atoms with van der Waals surface area (Å²) in [5, 5.41) is 2.39. The highest BCUT2D eigenvalue weighted by molar-refractivity contribution is 5.86. The molecule has 0 aliphatic heterocycles. The van der Waals surface area contributed by atoms with E-state index < -0.39 is 35.3 Å². The van der Waals surface area contributed by atoms with Crippen LogP contribution in [0.4, 0.5) is 4.79 Å². The first-order chi connectivity index (χ1) is 12.4. The zero-order valence-electron chi connectivity index (χ0n) is 16.8. The first-order valence-corrected chi connectivity index (χ1v) is 8.78. The summed E-state index contributed by atoms with van der Waals surface area (Å²) in [6.07, 6.45) is -1.18. The van der Waals surface area contributed by atoms with E-state index in [0.29, 0.717) is 0 Å². The van der Waals surface area contributed by atoms with E-state index in [2.05, 4.69) is 5.32 Å². The molecule has 1 rings (SSSR count). The van der Waals surface area contributed by atoms with E-state index in [0.717, 1.165) is 5.56 Å². The summed E-state index contributed by atoms with van der Waals surface area (Å²) in [4.78, 5) is 36.5. The third-order valence-corrected chi connectivity index (χ3v) is 2.99. The Morgan fingerprint density at radius 1 is 0.926 bits per heavy atom. The molecule has 0 fully saturated rings. The lowest BCUT2D eigenvalue weighted by atomic mass is 10.1. The van der Waals surface area contributed by atoms with E-state index in [4.69, 9.17) is 14.2 Å². The third-order valence-electron chi connectivity index (χ3n) is 2.99. The Balaban J connectivity index is 2.72. The summed E-state index contributed by atoms with van der Waals surface area (Å²) >= 11 is 0. The van der Waals surface area contributed by atoms with Crippen molar-refractivity contribution in [1.82, 2.24) is 5.32 Å². The van der Waals surface area contributed by atoms with Gasteiger partial charge in [0, 0.05) is 0 Å². The molecule has 0 aromatic heterocycles. The molecule has 0 heterocycles. The molecular weight excluding hydrogens is 350 g/mol. The van der Waals surface area contributed by atoms with E-state index >= 15 is 0 Å².